The lowest BCUT2D eigenvalue weighted by Gasteiger charge is -2.18. The van der Waals surface area contributed by atoms with E-state index < -0.39 is 0 Å². The van der Waals surface area contributed by atoms with Crippen LogP contribution < -0.4 is 9.47 Å². The van der Waals surface area contributed by atoms with Crippen molar-refractivity contribution in [3.8, 4) is 34.5 Å². The van der Waals surface area contributed by atoms with Gasteiger partial charge in [0.15, 0.2) is 17.3 Å². The zero-order valence-corrected chi connectivity index (χ0v) is 17.6. The zero-order valence-electron chi connectivity index (χ0n) is 17.6. The standard InChI is InChI=1S/C22H27N3O5/c1-4-25(5-2)9-11-28-18-7-6-15(12-19(18)26-3)21-23-22(30-24-21)20-17-8-10-27-13-16(17)14-29-20/h6-7,12,14H,4-5,8-11,13H2,1-3H3. The van der Waals surface area contributed by atoms with E-state index in [9.17, 15) is 0 Å². The number of ether oxygens (including phenoxy) is 3. The maximum atomic E-state index is 5.92. The summed E-state index contributed by atoms with van der Waals surface area (Å²) in [5, 5.41) is 4.12. The molecule has 0 atom stereocenters. The number of aromatic nitrogens is 2. The van der Waals surface area contributed by atoms with E-state index in [1.54, 1.807) is 13.4 Å². The van der Waals surface area contributed by atoms with Gasteiger partial charge in [-0.25, -0.2) is 0 Å². The van der Waals surface area contributed by atoms with Crippen molar-refractivity contribution in [1.29, 1.82) is 0 Å². The molecule has 0 spiro atoms. The second-order valence-corrected chi connectivity index (χ2v) is 7.04. The number of rotatable bonds is 9. The Bertz CT molecular complexity index is 977. The number of hydrogen-bond donors (Lipinski definition) is 0. The Balaban J connectivity index is 1.50. The topological polar surface area (TPSA) is 83.0 Å². The van der Waals surface area contributed by atoms with Crippen LogP contribution in [-0.4, -0.2) is 55.0 Å². The quantitative estimate of drug-likeness (QED) is 0.524. The summed E-state index contributed by atoms with van der Waals surface area (Å²) in [7, 11) is 1.62. The maximum absolute atomic E-state index is 5.92. The molecule has 3 heterocycles. The first-order chi connectivity index (χ1) is 14.7. The largest absolute Gasteiger partial charge is 0.493 e. The number of nitrogens with zero attached hydrogens (tertiary/aromatic N) is 3. The molecular formula is C22H27N3O5. The van der Waals surface area contributed by atoms with Crippen LogP contribution in [0.2, 0.25) is 0 Å². The maximum Gasteiger partial charge on any atom is 0.294 e. The van der Waals surface area contributed by atoms with Crippen molar-refractivity contribution in [3.05, 3.63) is 35.6 Å². The summed E-state index contributed by atoms with van der Waals surface area (Å²) < 4.78 is 28.0. The van der Waals surface area contributed by atoms with Crippen molar-refractivity contribution in [1.82, 2.24) is 15.0 Å². The number of hydrogen-bond acceptors (Lipinski definition) is 8. The van der Waals surface area contributed by atoms with Crippen LogP contribution in [0.3, 0.4) is 0 Å². The van der Waals surface area contributed by atoms with Gasteiger partial charge in [0.05, 0.1) is 26.6 Å². The predicted molar refractivity (Wildman–Crippen MR) is 111 cm³/mol. The number of furan rings is 1. The van der Waals surface area contributed by atoms with Crippen LogP contribution in [0.1, 0.15) is 25.0 Å². The van der Waals surface area contributed by atoms with Gasteiger partial charge in [0.25, 0.3) is 5.89 Å². The lowest BCUT2D eigenvalue weighted by Crippen LogP contribution is -2.27. The van der Waals surface area contributed by atoms with Crippen molar-refractivity contribution < 1.29 is 23.2 Å². The van der Waals surface area contributed by atoms with Crippen LogP contribution in [0.5, 0.6) is 11.5 Å². The molecule has 160 valence electrons. The number of benzene rings is 1. The van der Waals surface area contributed by atoms with Crippen LogP contribution in [-0.2, 0) is 17.8 Å². The molecule has 0 N–H and O–H groups in total. The molecule has 1 aliphatic heterocycles. The molecule has 0 amide bonds. The zero-order chi connectivity index (χ0) is 20.9. The normalized spacial score (nSPS) is 13.5. The highest BCUT2D eigenvalue weighted by molar-refractivity contribution is 5.63. The van der Waals surface area contributed by atoms with E-state index in [2.05, 4.69) is 28.9 Å². The summed E-state index contributed by atoms with van der Waals surface area (Å²) in [4.78, 5) is 6.83. The molecule has 8 heteroatoms. The van der Waals surface area contributed by atoms with Gasteiger partial charge < -0.3 is 28.1 Å². The fourth-order valence-electron chi connectivity index (χ4n) is 3.53. The third-order valence-corrected chi connectivity index (χ3v) is 5.34. The molecule has 0 saturated heterocycles. The lowest BCUT2D eigenvalue weighted by molar-refractivity contribution is 0.111. The first kappa shape index (κ1) is 20.4. The number of fused-ring (bicyclic) bond motifs is 1. The second-order valence-electron chi connectivity index (χ2n) is 7.04. The molecule has 1 aromatic carbocycles. The monoisotopic (exact) mass is 413 g/mol. The highest BCUT2D eigenvalue weighted by Gasteiger charge is 2.23. The Morgan fingerprint density at radius 1 is 1.17 bits per heavy atom. The van der Waals surface area contributed by atoms with E-state index >= 15 is 0 Å². The minimum atomic E-state index is 0.367. The second kappa shape index (κ2) is 9.32. The molecular weight excluding hydrogens is 386 g/mol. The molecule has 0 unspecified atom stereocenters. The fourth-order valence-corrected chi connectivity index (χ4v) is 3.53. The molecule has 0 aliphatic carbocycles. The molecule has 0 radical (unpaired) electrons. The van der Waals surface area contributed by atoms with E-state index in [1.165, 1.54) is 0 Å². The molecule has 1 aliphatic rings. The lowest BCUT2D eigenvalue weighted by atomic mass is 10.1. The van der Waals surface area contributed by atoms with Gasteiger partial charge in [0.2, 0.25) is 5.82 Å². The number of methoxy groups -OCH3 is 1. The van der Waals surface area contributed by atoms with Crippen LogP contribution >= 0.6 is 0 Å². The van der Waals surface area contributed by atoms with Crippen molar-refractivity contribution in [2.75, 3.05) is 40.0 Å². The average Bonchev–Trinajstić information content (AvgIpc) is 3.44. The molecule has 3 aromatic rings. The van der Waals surface area contributed by atoms with Crippen molar-refractivity contribution in [2.24, 2.45) is 0 Å². The average molecular weight is 413 g/mol. The van der Waals surface area contributed by atoms with Gasteiger partial charge in [0.1, 0.15) is 6.61 Å². The van der Waals surface area contributed by atoms with Crippen LogP contribution in [0, 0.1) is 0 Å². The van der Waals surface area contributed by atoms with Gasteiger partial charge in [-0.05, 0) is 31.3 Å². The van der Waals surface area contributed by atoms with Crippen LogP contribution in [0.4, 0.5) is 0 Å². The smallest absolute Gasteiger partial charge is 0.294 e. The summed E-state index contributed by atoms with van der Waals surface area (Å²) in [6.45, 7) is 8.96. The van der Waals surface area contributed by atoms with Crippen LogP contribution in [0.25, 0.3) is 23.0 Å². The third-order valence-electron chi connectivity index (χ3n) is 5.34. The fraction of sp³-hybridized carbons (Fsp3) is 0.455. The van der Waals surface area contributed by atoms with Gasteiger partial charge in [-0.3, -0.25) is 0 Å². The first-order valence-electron chi connectivity index (χ1n) is 10.3. The molecule has 0 saturated carbocycles. The summed E-state index contributed by atoms with van der Waals surface area (Å²) in [6, 6.07) is 5.63. The molecule has 0 fully saturated rings. The highest BCUT2D eigenvalue weighted by Crippen LogP contribution is 2.34. The Hall–Kier alpha value is -2.84. The summed E-state index contributed by atoms with van der Waals surface area (Å²) in [5.41, 5.74) is 2.89. The van der Waals surface area contributed by atoms with Gasteiger partial charge in [-0.2, -0.15) is 4.98 Å². The summed E-state index contributed by atoms with van der Waals surface area (Å²) in [5.74, 6) is 2.78. The summed E-state index contributed by atoms with van der Waals surface area (Å²) >= 11 is 0. The van der Waals surface area contributed by atoms with Gasteiger partial charge in [-0.1, -0.05) is 19.0 Å². The minimum absolute atomic E-state index is 0.367. The molecule has 8 nitrogen and oxygen atoms in total. The van der Waals surface area contributed by atoms with Crippen molar-refractivity contribution >= 4 is 0 Å². The highest BCUT2D eigenvalue weighted by atomic mass is 16.5. The van der Waals surface area contributed by atoms with Gasteiger partial charge in [-0.15, -0.1) is 0 Å². The first-order valence-corrected chi connectivity index (χ1v) is 10.3. The Kier molecular flexibility index (Phi) is 6.35. The van der Waals surface area contributed by atoms with E-state index in [0.29, 0.717) is 48.8 Å². The molecule has 4 rings (SSSR count). The summed E-state index contributed by atoms with van der Waals surface area (Å²) in [6.07, 6.45) is 2.47. The SMILES string of the molecule is CCN(CC)CCOc1ccc(-c2noc(-c3occ4c3CCOC4)n2)cc1OC. The van der Waals surface area contributed by atoms with Gasteiger partial charge >= 0.3 is 0 Å². The van der Waals surface area contributed by atoms with Crippen LogP contribution in [0.15, 0.2) is 33.4 Å². The Morgan fingerprint density at radius 3 is 2.83 bits per heavy atom. The van der Waals surface area contributed by atoms with E-state index in [0.717, 1.165) is 42.7 Å². The predicted octanol–water partition coefficient (Wildman–Crippen LogP) is 3.80. The Morgan fingerprint density at radius 2 is 2.03 bits per heavy atom. The molecule has 30 heavy (non-hydrogen) atoms. The van der Waals surface area contributed by atoms with E-state index in [-0.39, 0.29) is 0 Å². The molecule has 2 aromatic heterocycles. The third kappa shape index (κ3) is 4.20. The van der Waals surface area contributed by atoms with Gasteiger partial charge in [0, 0.05) is 29.7 Å². The Labute approximate surface area is 175 Å². The van der Waals surface area contributed by atoms with Crippen molar-refractivity contribution in [3.63, 3.8) is 0 Å². The number of likely N-dealkylation sites (N-methyl/N-ethyl adjacent to an activating group) is 1. The van der Waals surface area contributed by atoms with Crippen molar-refractivity contribution in [2.45, 2.75) is 26.9 Å². The molecule has 0 bridgehead atoms. The minimum Gasteiger partial charge on any atom is -0.493 e. The van der Waals surface area contributed by atoms with E-state index in [4.69, 9.17) is 23.2 Å². The van der Waals surface area contributed by atoms with E-state index in [1.807, 2.05) is 18.2 Å².